The quantitative estimate of drug-likeness (QED) is 0.384. The van der Waals surface area contributed by atoms with Crippen LogP contribution in [0.4, 0.5) is 5.95 Å². The molecule has 0 unspecified atom stereocenters. The van der Waals surface area contributed by atoms with Crippen molar-refractivity contribution < 1.29 is 0 Å². The van der Waals surface area contributed by atoms with Crippen LogP contribution in [0.5, 0.6) is 0 Å². The standard InChI is InChI=1S/C21H37N7/c1-22-20(23-10-4-9-19-7-2-3-8-19)24-13-6-14-27-15-17-28(18-16-27)21-25-11-5-12-26-21/h5,11-12,19H,2-4,6-10,13-18H2,1H3,(H2,22,23,24). The molecule has 3 rings (SSSR count). The number of nitrogens with one attached hydrogen (secondary N) is 2. The van der Waals surface area contributed by atoms with Gasteiger partial charge >= 0.3 is 0 Å². The van der Waals surface area contributed by atoms with Crippen molar-refractivity contribution in [3.05, 3.63) is 18.5 Å². The number of rotatable bonds is 9. The number of nitrogens with zero attached hydrogens (tertiary/aromatic N) is 5. The topological polar surface area (TPSA) is 68.7 Å². The van der Waals surface area contributed by atoms with Crippen LogP contribution in [0, 0.1) is 5.92 Å². The highest BCUT2D eigenvalue weighted by atomic mass is 15.3. The zero-order valence-corrected chi connectivity index (χ0v) is 17.4. The van der Waals surface area contributed by atoms with Crippen LogP contribution in [0.2, 0.25) is 0 Å². The number of guanidine groups is 1. The van der Waals surface area contributed by atoms with Gasteiger partial charge in [-0.3, -0.25) is 9.89 Å². The highest BCUT2D eigenvalue weighted by molar-refractivity contribution is 5.79. The molecule has 1 aromatic rings. The highest BCUT2D eigenvalue weighted by Crippen LogP contribution is 2.28. The largest absolute Gasteiger partial charge is 0.356 e. The molecule has 7 heteroatoms. The van der Waals surface area contributed by atoms with Crippen molar-refractivity contribution in [1.29, 1.82) is 0 Å². The van der Waals surface area contributed by atoms with E-state index in [9.17, 15) is 0 Å². The number of hydrogen-bond donors (Lipinski definition) is 2. The Morgan fingerprint density at radius 2 is 1.71 bits per heavy atom. The Morgan fingerprint density at radius 1 is 1.04 bits per heavy atom. The van der Waals surface area contributed by atoms with Gasteiger partial charge in [0, 0.05) is 58.7 Å². The lowest BCUT2D eigenvalue weighted by Crippen LogP contribution is -2.47. The van der Waals surface area contributed by atoms with E-state index in [1.807, 2.05) is 25.5 Å². The van der Waals surface area contributed by atoms with Crippen LogP contribution in [0.3, 0.4) is 0 Å². The Bertz CT molecular complexity index is 563. The molecule has 7 nitrogen and oxygen atoms in total. The summed E-state index contributed by atoms with van der Waals surface area (Å²) in [5.74, 6) is 2.77. The van der Waals surface area contributed by atoms with Crippen LogP contribution in [0.15, 0.2) is 23.5 Å². The normalized spacial score (nSPS) is 19.2. The zero-order valence-electron chi connectivity index (χ0n) is 17.4. The van der Waals surface area contributed by atoms with E-state index in [2.05, 4.69) is 35.4 Å². The van der Waals surface area contributed by atoms with Crippen molar-refractivity contribution in [2.45, 2.75) is 44.9 Å². The Labute approximate surface area is 170 Å². The second-order valence-electron chi connectivity index (χ2n) is 7.95. The van der Waals surface area contributed by atoms with E-state index >= 15 is 0 Å². The lowest BCUT2D eigenvalue weighted by atomic mass is 10.0. The van der Waals surface area contributed by atoms with Crippen LogP contribution in [-0.4, -0.2) is 73.7 Å². The van der Waals surface area contributed by atoms with E-state index in [4.69, 9.17) is 0 Å². The SMILES string of the molecule is CN=C(NCCCC1CCCC1)NCCCN1CCN(c2ncccn2)CC1. The Morgan fingerprint density at radius 3 is 2.39 bits per heavy atom. The summed E-state index contributed by atoms with van der Waals surface area (Å²) in [5, 5.41) is 6.91. The maximum Gasteiger partial charge on any atom is 0.225 e. The van der Waals surface area contributed by atoms with Crippen LogP contribution in [-0.2, 0) is 0 Å². The van der Waals surface area contributed by atoms with E-state index in [0.29, 0.717) is 0 Å². The molecular weight excluding hydrogens is 350 g/mol. The van der Waals surface area contributed by atoms with Crippen LogP contribution in [0.1, 0.15) is 44.9 Å². The molecule has 1 saturated heterocycles. The molecule has 2 N–H and O–H groups in total. The van der Waals surface area contributed by atoms with Gasteiger partial charge in [-0.05, 0) is 37.8 Å². The number of hydrogen-bond acceptors (Lipinski definition) is 5. The monoisotopic (exact) mass is 387 g/mol. The maximum atomic E-state index is 4.35. The number of piperazine rings is 1. The van der Waals surface area contributed by atoms with Crippen molar-refractivity contribution in [2.75, 3.05) is 57.8 Å². The average molecular weight is 388 g/mol. The molecule has 2 aliphatic rings. The lowest BCUT2D eigenvalue weighted by molar-refractivity contribution is 0.254. The smallest absolute Gasteiger partial charge is 0.225 e. The third-order valence-electron chi connectivity index (χ3n) is 5.93. The predicted octanol–water partition coefficient (Wildman–Crippen LogP) is 2.12. The summed E-state index contributed by atoms with van der Waals surface area (Å²) in [7, 11) is 1.86. The molecule has 1 aliphatic heterocycles. The zero-order chi connectivity index (χ0) is 19.4. The van der Waals surface area contributed by atoms with E-state index in [0.717, 1.165) is 70.1 Å². The lowest BCUT2D eigenvalue weighted by Gasteiger charge is -2.34. The van der Waals surface area contributed by atoms with Crippen molar-refractivity contribution in [1.82, 2.24) is 25.5 Å². The first-order chi connectivity index (χ1) is 13.8. The Balaban J connectivity index is 1.22. The fourth-order valence-electron chi connectivity index (χ4n) is 4.25. The summed E-state index contributed by atoms with van der Waals surface area (Å²) in [6.07, 6.45) is 13.1. The first-order valence-electron chi connectivity index (χ1n) is 11.0. The fourth-order valence-corrected chi connectivity index (χ4v) is 4.25. The molecule has 156 valence electrons. The first kappa shape index (κ1) is 20.8. The molecule has 0 aromatic carbocycles. The van der Waals surface area contributed by atoms with Gasteiger partial charge in [-0.2, -0.15) is 0 Å². The molecule has 0 bridgehead atoms. The predicted molar refractivity (Wildman–Crippen MR) is 116 cm³/mol. The van der Waals surface area contributed by atoms with Crippen LogP contribution >= 0.6 is 0 Å². The minimum atomic E-state index is 0.853. The third-order valence-corrected chi connectivity index (χ3v) is 5.93. The third kappa shape index (κ3) is 6.93. The maximum absolute atomic E-state index is 4.35. The molecule has 0 radical (unpaired) electrons. The van der Waals surface area contributed by atoms with Gasteiger partial charge in [0.15, 0.2) is 5.96 Å². The van der Waals surface area contributed by atoms with Gasteiger partial charge in [0.2, 0.25) is 5.95 Å². The van der Waals surface area contributed by atoms with E-state index < -0.39 is 0 Å². The van der Waals surface area contributed by atoms with Crippen molar-refractivity contribution >= 4 is 11.9 Å². The van der Waals surface area contributed by atoms with E-state index in [-0.39, 0.29) is 0 Å². The molecular formula is C21H37N7. The van der Waals surface area contributed by atoms with Gasteiger partial charge in [-0.25, -0.2) is 9.97 Å². The summed E-state index contributed by atoms with van der Waals surface area (Å²) < 4.78 is 0. The summed E-state index contributed by atoms with van der Waals surface area (Å²) in [6, 6.07) is 1.87. The van der Waals surface area contributed by atoms with Crippen LogP contribution in [0.25, 0.3) is 0 Å². The summed E-state index contributed by atoms with van der Waals surface area (Å²) >= 11 is 0. The van der Waals surface area contributed by atoms with Gasteiger partial charge in [-0.15, -0.1) is 0 Å². The number of anilines is 1. The molecule has 1 saturated carbocycles. The molecule has 1 aliphatic carbocycles. The molecule has 0 spiro atoms. The van der Waals surface area contributed by atoms with Gasteiger partial charge in [0.1, 0.15) is 0 Å². The molecule has 2 heterocycles. The van der Waals surface area contributed by atoms with Crippen LogP contribution < -0.4 is 15.5 Å². The van der Waals surface area contributed by atoms with Gasteiger partial charge in [-0.1, -0.05) is 25.7 Å². The molecule has 28 heavy (non-hydrogen) atoms. The summed E-state index contributed by atoms with van der Waals surface area (Å²) in [5.41, 5.74) is 0. The first-order valence-corrected chi connectivity index (χ1v) is 11.0. The minimum Gasteiger partial charge on any atom is -0.356 e. The minimum absolute atomic E-state index is 0.853. The molecule has 2 fully saturated rings. The fraction of sp³-hybridized carbons (Fsp3) is 0.762. The van der Waals surface area contributed by atoms with Crippen molar-refractivity contribution in [3.63, 3.8) is 0 Å². The van der Waals surface area contributed by atoms with Crippen molar-refractivity contribution in [3.8, 4) is 0 Å². The molecule has 0 amide bonds. The number of aliphatic imine (C=N–C) groups is 1. The average Bonchev–Trinajstić information content (AvgIpc) is 3.27. The Hall–Kier alpha value is -1.89. The highest BCUT2D eigenvalue weighted by Gasteiger charge is 2.18. The van der Waals surface area contributed by atoms with E-state index in [1.54, 1.807) is 0 Å². The van der Waals surface area contributed by atoms with Gasteiger partial charge < -0.3 is 15.5 Å². The number of aromatic nitrogens is 2. The molecule has 0 atom stereocenters. The van der Waals surface area contributed by atoms with Crippen molar-refractivity contribution in [2.24, 2.45) is 10.9 Å². The summed E-state index contributed by atoms with van der Waals surface area (Å²) in [6.45, 7) is 7.27. The van der Waals surface area contributed by atoms with Gasteiger partial charge in [0.25, 0.3) is 0 Å². The second-order valence-corrected chi connectivity index (χ2v) is 7.95. The molecule has 1 aromatic heterocycles. The summed E-state index contributed by atoms with van der Waals surface area (Å²) in [4.78, 5) is 17.8. The Kier molecular flexibility index (Phi) is 8.81. The van der Waals surface area contributed by atoms with E-state index in [1.165, 1.54) is 38.5 Å². The van der Waals surface area contributed by atoms with Gasteiger partial charge in [0.05, 0.1) is 0 Å². The second kappa shape index (κ2) is 11.8.